The van der Waals surface area contributed by atoms with E-state index in [-0.39, 0.29) is 0 Å². The minimum atomic E-state index is 0.358. The molecule has 1 heterocycles. The van der Waals surface area contributed by atoms with Gasteiger partial charge < -0.3 is 4.74 Å². The number of hydrogen-bond acceptors (Lipinski definition) is 3. The number of piperidine rings is 1. The van der Waals surface area contributed by atoms with Crippen molar-refractivity contribution in [3.05, 3.63) is 0 Å². The van der Waals surface area contributed by atoms with Crippen LogP contribution in [0.5, 0.6) is 0 Å². The Morgan fingerprint density at radius 3 is 3.17 bits per heavy atom. The standard InChI is InChI=1S/C9H16N2O/c1-2-12-9-4-3-6-11(8-9)7-5-10/h9H,2-4,6-8H2,1H3. The SMILES string of the molecule is CCOC1CCCN(CC#N)C1. The van der Waals surface area contributed by atoms with Gasteiger partial charge in [0.05, 0.1) is 18.7 Å². The third kappa shape index (κ3) is 2.80. The second-order valence-electron chi connectivity index (χ2n) is 3.11. The molecule has 0 radical (unpaired) electrons. The minimum absolute atomic E-state index is 0.358. The lowest BCUT2D eigenvalue weighted by atomic mass is 10.1. The fourth-order valence-electron chi connectivity index (χ4n) is 1.63. The zero-order valence-corrected chi connectivity index (χ0v) is 7.62. The van der Waals surface area contributed by atoms with Crippen LogP contribution in [0, 0.1) is 11.3 Å². The van der Waals surface area contributed by atoms with E-state index in [2.05, 4.69) is 11.0 Å². The molecule has 1 saturated heterocycles. The first kappa shape index (κ1) is 9.50. The number of nitrogens with zero attached hydrogens (tertiary/aromatic N) is 2. The lowest BCUT2D eigenvalue weighted by Crippen LogP contribution is -2.39. The Kier molecular flexibility index (Phi) is 4.06. The molecule has 12 heavy (non-hydrogen) atoms. The van der Waals surface area contributed by atoms with Crippen LogP contribution in [0.2, 0.25) is 0 Å². The van der Waals surface area contributed by atoms with Gasteiger partial charge in [0.1, 0.15) is 0 Å². The van der Waals surface area contributed by atoms with Crippen molar-refractivity contribution in [2.75, 3.05) is 26.2 Å². The molecule has 0 bridgehead atoms. The van der Waals surface area contributed by atoms with Crippen molar-refractivity contribution in [3.8, 4) is 6.07 Å². The normalized spacial score (nSPS) is 25.2. The largest absolute Gasteiger partial charge is 0.377 e. The smallest absolute Gasteiger partial charge is 0.0866 e. The molecule has 0 amide bonds. The molecule has 0 N–H and O–H groups in total. The van der Waals surface area contributed by atoms with Gasteiger partial charge in [-0.1, -0.05) is 0 Å². The molecule has 3 nitrogen and oxygen atoms in total. The van der Waals surface area contributed by atoms with Crippen LogP contribution in [0.25, 0.3) is 0 Å². The van der Waals surface area contributed by atoms with Gasteiger partial charge in [-0.05, 0) is 26.3 Å². The van der Waals surface area contributed by atoms with Crippen LogP contribution in [-0.4, -0.2) is 37.2 Å². The van der Waals surface area contributed by atoms with Gasteiger partial charge in [0, 0.05) is 13.2 Å². The van der Waals surface area contributed by atoms with Crippen molar-refractivity contribution >= 4 is 0 Å². The van der Waals surface area contributed by atoms with E-state index in [0.29, 0.717) is 12.6 Å². The highest BCUT2D eigenvalue weighted by molar-refractivity contribution is 4.81. The monoisotopic (exact) mass is 168 g/mol. The molecule has 0 aromatic carbocycles. The third-order valence-electron chi connectivity index (χ3n) is 2.16. The summed E-state index contributed by atoms with van der Waals surface area (Å²) in [5.74, 6) is 0. The van der Waals surface area contributed by atoms with Crippen LogP contribution in [-0.2, 0) is 4.74 Å². The number of nitriles is 1. The predicted molar refractivity (Wildman–Crippen MR) is 46.7 cm³/mol. The first-order valence-corrected chi connectivity index (χ1v) is 4.57. The van der Waals surface area contributed by atoms with E-state index in [4.69, 9.17) is 10.00 Å². The zero-order chi connectivity index (χ0) is 8.81. The average molecular weight is 168 g/mol. The molecule has 1 fully saturated rings. The van der Waals surface area contributed by atoms with Gasteiger partial charge in [0.15, 0.2) is 0 Å². The van der Waals surface area contributed by atoms with E-state index < -0.39 is 0 Å². The van der Waals surface area contributed by atoms with Crippen LogP contribution in [0.15, 0.2) is 0 Å². The number of ether oxygens (including phenoxy) is 1. The average Bonchev–Trinajstić information content (AvgIpc) is 2.06. The Balaban J connectivity index is 2.26. The fourth-order valence-corrected chi connectivity index (χ4v) is 1.63. The molecule has 1 rings (SSSR count). The van der Waals surface area contributed by atoms with Crippen molar-refractivity contribution in [2.45, 2.75) is 25.9 Å². The third-order valence-corrected chi connectivity index (χ3v) is 2.16. The highest BCUT2D eigenvalue weighted by Crippen LogP contribution is 2.12. The molecule has 1 aliphatic heterocycles. The van der Waals surface area contributed by atoms with Gasteiger partial charge in [0.25, 0.3) is 0 Å². The van der Waals surface area contributed by atoms with Crippen LogP contribution >= 0.6 is 0 Å². The first-order chi connectivity index (χ1) is 5.86. The summed E-state index contributed by atoms with van der Waals surface area (Å²) >= 11 is 0. The van der Waals surface area contributed by atoms with Gasteiger partial charge >= 0.3 is 0 Å². The second-order valence-corrected chi connectivity index (χ2v) is 3.11. The van der Waals surface area contributed by atoms with Crippen molar-refractivity contribution in [1.82, 2.24) is 4.90 Å². The molecule has 0 aromatic heterocycles. The molecule has 3 heteroatoms. The molecular formula is C9H16N2O. The van der Waals surface area contributed by atoms with Gasteiger partial charge in [-0.2, -0.15) is 5.26 Å². The summed E-state index contributed by atoms with van der Waals surface area (Å²) in [7, 11) is 0. The first-order valence-electron chi connectivity index (χ1n) is 4.57. The lowest BCUT2D eigenvalue weighted by Gasteiger charge is -2.30. The number of likely N-dealkylation sites (tertiary alicyclic amines) is 1. The Morgan fingerprint density at radius 1 is 1.67 bits per heavy atom. The van der Waals surface area contributed by atoms with E-state index in [1.54, 1.807) is 0 Å². The Morgan fingerprint density at radius 2 is 2.50 bits per heavy atom. The van der Waals surface area contributed by atoms with Crippen LogP contribution < -0.4 is 0 Å². The topological polar surface area (TPSA) is 36.3 Å². The van der Waals surface area contributed by atoms with Crippen LogP contribution in [0.3, 0.4) is 0 Å². The Labute approximate surface area is 73.9 Å². The summed E-state index contributed by atoms with van der Waals surface area (Å²) in [5.41, 5.74) is 0. The maximum atomic E-state index is 8.50. The Bertz CT molecular complexity index is 162. The molecule has 1 atom stereocenters. The number of hydrogen-bond donors (Lipinski definition) is 0. The van der Waals surface area contributed by atoms with Gasteiger partial charge in [0.2, 0.25) is 0 Å². The van der Waals surface area contributed by atoms with E-state index in [1.165, 1.54) is 0 Å². The molecule has 0 saturated carbocycles. The summed E-state index contributed by atoms with van der Waals surface area (Å²) in [4.78, 5) is 2.16. The van der Waals surface area contributed by atoms with E-state index in [9.17, 15) is 0 Å². The van der Waals surface area contributed by atoms with Crippen molar-refractivity contribution < 1.29 is 4.74 Å². The summed E-state index contributed by atoms with van der Waals surface area (Å²) in [5, 5.41) is 8.50. The zero-order valence-electron chi connectivity index (χ0n) is 7.62. The van der Waals surface area contributed by atoms with E-state index >= 15 is 0 Å². The van der Waals surface area contributed by atoms with E-state index in [0.717, 1.165) is 32.5 Å². The summed E-state index contributed by atoms with van der Waals surface area (Å²) in [6.07, 6.45) is 2.67. The number of rotatable bonds is 3. The minimum Gasteiger partial charge on any atom is -0.377 e. The lowest BCUT2D eigenvalue weighted by molar-refractivity contribution is 0.00970. The molecule has 68 valence electrons. The van der Waals surface area contributed by atoms with Crippen molar-refractivity contribution in [2.24, 2.45) is 0 Å². The van der Waals surface area contributed by atoms with Gasteiger partial charge in [-0.3, -0.25) is 4.90 Å². The highest BCUT2D eigenvalue weighted by Gasteiger charge is 2.18. The van der Waals surface area contributed by atoms with Crippen LogP contribution in [0.4, 0.5) is 0 Å². The predicted octanol–water partition coefficient (Wildman–Crippen LogP) is 1.01. The van der Waals surface area contributed by atoms with Crippen molar-refractivity contribution in [3.63, 3.8) is 0 Å². The fraction of sp³-hybridized carbons (Fsp3) is 0.889. The molecular weight excluding hydrogens is 152 g/mol. The summed E-state index contributed by atoms with van der Waals surface area (Å²) in [6.45, 7) is 5.33. The Hall–Kier alpha value is -0.590. The highest BCUT2D eigenvalue weighted by atomic mass is 16.5. The second kappa shape index (κ2) is 5.13. The molecule has 1 unspecified atom stereocenters. The van der Waals surface area contributed by atoms with E-state index in [1.807, 2.05) is 6.92 Å². The van der Waals surface area contributed by atoms with Crippen molar-refractivity contribution in [1.29, 1.82) is 5.26 Å². The molecule has 1 aliphatic rings. The molecule has 0 spiro atoms. The van der Waals surface area contributed by atoms with Gasteiger partial charge in [-0.15, -0.1) is 0 Å². The van der Waals surface area contributed by atoms with Gasteiger partial charge in [-0.25, -0.2) is 0 Å². The molecule has 0 aliphatic carbocycles. The summed E-state index contributed by atoms with van der Waals surface area (Å²) < 4.78 is 5.51. The maximum absolute atomic E-state index is 8.50. The summed E-state index contributed by atoms with van der Waals surface area (Å²) in [6, 6.07) is 2.17. The van der Waals surface area contributed by atoms with Crippen LogP contribution in [0.1, 0.15) is 19.8 Å². The molecule has 0 aromatic rings. The quantitative estimate of drug-likeness (QED) is 0.590. The maximum Gasteiger partial charge on any atom is 0.0866 e.